The molecule has 1 aliphatic heterocycles. The van der Waals surface area contributed by atoms with Crippen LogP contribution < -0.4 is 4.90 Å². The molecular weight excluding hydrogens is 226 g/mol. The fourth-order valence-electron chi connectivity index (χ4n) is 2.17. The number of aryl methyl sites for hydroxylation is 1. The fraction of sp³-hybridized carbons (Fsp3) is 0.214. The zero-order valence-corrected chi connectivity index (χ0v) is 10.3. The van der Waals surface area contributed by atoms with Gasteiger partial charge in [0.1, 0.15) is 5.82 Å². The van der Waals surface area contributed by atoms with Crippen molar-refractivity contribution in [2.75, 3.05) is 11.9 Å². The highest BCUT2D eigenvalue weighted by Gasteiger charge is 2.28. The Hall–Kier alpha value is -2.23. The van der Waals surface area contributed by atoms with Crippen LogP contribution in [0.15, 0.2) is 30.3 Å². The minimum absolute atomic E-state index is 0.0765. The summed E-state index contributed by atoms with van der Waals surface area (Å²) in [7, 11) is 1.76. The number of carbonyl (C=O) groups is 1. The molecule has 0 saturated heterocycles. The number of aromatic nitrogens is 2. The maximum Gasteiger partial charge on any atom is 0.232 e. The van der Waals surface area contributed by atoms with E-state index in [-0.39, 0.29) is 5.91 Å². The van der Waals surface area contributed by atoms with Gasteiger partial charge in [-0.1, -0.05) is 30.3 Å². The zero-order valence-electron chi connectivity index (χ0n) is 10.3. The fourth-order valence-corrected chi connectivity index (χ4v) is 2.17. The first-order valence-corrected chi connectivity index (χ1v) is 5.86. The van der Waals surface area contributed by atoms with Crippen molar-refractivity contribution < 1.29 is 4.79 Å². The molecule has 1 aromatic carbocycles. The lowest BCUT2D eigenvalue weighted by Crippen LogP contribution is -2.21. The molecular formula is C14H13N3O. The predicted octanol–water partition coefficient (Wildman–Crippen LogP) is 1.97. The Balaban J connectivity index is 2.16. The standard InChI is InChI=1S/C14H13N3O/c1-9-11-8-12(18)17(2)14(11)16-13(15-9)10-6-4-3-5-7-10/h3-7H,8H2,1-2H3. The number of hydrogen-bond donors (Lipinski definition) is 0. The molecule has 3 rings (SSSR count). The quantitative estimate of drug-likeness (QED) is 0.764. The van der Waals surface area contributed by atoms with Gasteiger partial charge < -0.3 is 0 Å². The van der Waals surface area contributed by atoms with Crippen molar-refractivity contribution >= 4 is 11.7 Å². The second kappa shape index (κ2) is 3.91. The molecule has 2 aromatic rings. The Morgan fingerprint density at radius 2 is 1.89 bits per heavy atom. The van der Waals surface area contributed by atoms with Crippen molar-refractivity contribution in [1.29, 1.82) is 0 Å². The molecule has 0 N–H and O–H groups in total. The van der Waals surface area contributed by atoms with Crippen LogP contribution in [0.4, 0.5) is 5.82 Å². The van der Waals surface area contributed by atoms with Crippen molar-refractivity contribution in [2.45, 2.75) is 13.3 Å². The summed E-state index contributed by atoms with van der Waals surface area (Å²) in [4.78, 5) is 22.3. The zero-order chi connectivity index (χ0) is 12.7. The van der Waals surface area contributed by atoms with Gasteiger partial charge in [0.05, 0.1) is 6.42 Å². The highest BCUT2D eigenvalue weighted by atomic mass is 16.2. The molecule has 0 radical (unpaired) electrons. The van der Waals surface area contributed by atoms with Crippen LogP contribution >= 0.6 is 0 Å². The van der Waals surface area contributed by atoms with Gasteiger partial charge in [-0.05, 0) is 6.92 Å². The molecule has 4 heteroatoms. The first-order valence-electron chi connectivity index (χ1n) is 5.86. The lowest BCUT2D eigenvalue weighted by atomic mass is 10.1. The minimum Gasteiger partial charge on any atom is -0.299 e. The molecule has 0 unspecified atom stereocenters. The average Bonchev–Trinajstić information content (AvgIpc) is 2.68. The van der Waals surface area contributed by atoms with E-state index in [4.69, 9.17) is 0 Å². The lowest BCUT2D eigenvalue weighted by Gasteiger charge is -2.11. The van der Waals surface area contributed by atoms with Gasteiger partial charge >= 0.3 is 0 Å². The average molecular weight is 239 g/mol. The van der Waals surface area contributed by atoms with E-state index in [1.807, 2.05) is 37.3 Å². The van der Waals surface area contributed by atoms with E-state index in [1.54, 1.807) is 11.9 Å². The SMILES string of the molecule is Cc1nc(-c2ccccc2)nc2c1CC(=O)N2C. The molecule has 0 spiro atoms. The second-order valence-corrected chi connectivity index (χ2v) is 4.43. The number of anilines is 1. The number of carbonyl (C=O) groups excluding carboxylic acids is 1. The van der Waals surface area contributed by atoms with Gasteiger partial charge in [-0.15, -0.1) is 0 Å². The monoisotopic (exact) mass is 239 g/mol. The lowest BCUT2D eigenvalue weighted by molar-refractivity contribution is -0.117. The van der Waals surface area contributed by atoms with Crippen molar-refractivity contribution in [3.8, 4) is 11.4 Å². The normalized spacial score (nSPS) is 13.9. The van der Waals surface area contributed by atoms with Crippen molar-refractivity contribution in [3.63, 3.8) is 0 Å². The number of likely N-dealkylation sites (N-methyl/N-ethyl adjacent to an activating group) is 1. The van der Waals surface area contributed by atoms with E-state index in [9.17, 15) is 4.79 Å². The Kier molecular flexibility index (Phi) is 2.37. The van der Waals surface area contributed by atoms with E-state index in [1.165, 1.54) is 0 Å². The molecule has 2 heterocycles. The molecule has 1 amide bonds. The molecule has 90 valence electrons. The molecule has 0 bridgehead atoms. The third-order valence-corrected chi connectivity index (χ3v) is 3.24. The summed E-state index contributed by atoms with van der Waals surface area (Å²) in [5.41, 5.74) is 2.80. The summed E-state index contributed by atoms with van der Waals surface area (Å²) in [6.45, 7) is 1.93. The van der Waals surface area contributed by atoms with E-state index in [0.29, 0.717) is 12.2 Å². The van der Waals surface area contributed by atoms with E-state index >= 15 is 0 Å². The summed E-state index contributed by atoms with van der Waals surface area (Å²) in [5, 5.41) is 0. The summed E-state index contributed by atoms with van der Waals surface area (Å²) < 4.78 is 0. The highest BCUT2D eigenvalue weighted by molar-refractivity contribution is 6.00. The molecule has 0 atom stereocenters. The Bertz CT molecular complexity index is 622. The topological polar surface area (TPSA) is 46.1 Å². The summed E-state index contributed by atoms with van der Waals surface area (Å²) >= 11 is 0. The van der Waals surface area contributed by atoms with Gasteiger partial charge in [0.25, 0.3) is 0 Å². The van der Waals surface area contributed by atoms with Crippen molar-refractivity contribution in [1.82, 2.24) is 9.97 Å². The van der Waals surface area contributed by atoms with Crippen LogP contribution in [0.25, 0.3) is 11.4 Å². The van der Waals surface area contributed by atoms with Gasteiger partial charge in [0.15, 0.2) is 5.82 Å². The largest absolute Gasteiger partial charge is 0.299 e. The van der Waals surface area contributed by atoms with Gasteiger partial charge in [0, 0.05) is 23.9 Å². The Labute approximate surface area is 105 Å². The second-order valence-electron chi connectivity index (χ2n) is 4.43. The first kappa shape index (κ1) is 10.9. The number of fused-ring (bicyclic) bond motifs is 1. The maximum atomic E-state index is 11.7. The predicted molar refractivity (Wildman–Crippen MR) is 69.3 cm³/mol. The van der Waals surface area contributed by atoms with Crippen LogP contribution in [-0.2, 0) is 11.2 Å². The smallest absolute Gasteiger partial charge is 0.232 e. The summed E-state index contributed by atoms with van der Waals surface area (Å²) in [6.07, 6.45) is 0.409. The number of nitrogens with zero attached hydrogens (tertiary/aromatic N) is 3. The van der Waals surface area contributed by atoms with E-state index in [2.05, 4.69) is 9.97 Å². The van der Waals surface area contributed by atoms with E-state index in [0.717, 1.165) is 22.6 Å². The molecule has 0 fully saturated rings. The molecule has 4 nitrogen and oxygen atoms in total. The van der Waals surface area contributed by atoms with Crippen LogP contribution in [-0.4, -0.2) is 22.9 Å². The minimum atomic E-state index is 0.0765. The van der Waals surface area contributed by atoms with Gasteiger partial charge in [-0.3, -0.25) is 9.69 Å². The number of amides is 1. The third-order valence-electron chi connectivity index (χ3n) is 3.24. The highest BCUT2D eigenvalue weighted by Crippen LogP contribution is 2.29. The molecule has 0 saturated carbocycles. The summed E-state index contributed by atoms with van der Waals surface area (Å²) in [6, 6.07) is 9.81. The molecule has 1 aromatic heterocycles. The molecule has 0 aliphatic carbocycles. The van der Waals surface area contributed by atoms with Crippen molar-refractivity contribution in [3.05, 3.63) is 41.6 Å². The van der Waals surface area contributed by atoms with Gasteiger partial charge in [-0.25, -0.2) is 9.97 Å². The van der Waals surface area contributed by atoms with Crippen LogP contribution in [0, 0.1) is 6.92 Å². The summed E-state index contributed by atoms with van der Waals surface area (Å²) in [5.74, 6) is 1.49. The number of hydrogen-bond acceptors (Lipinski definition) is 3. The first-order chi connectivity index (χ1) is 8.66. The van der Waals surface area contributed by atoms with Gasteiger partial charge in [-0.2, -0.15) is 0 Å². The van der Waals surface area contributed by atoms with Crippen molar-refractivity contribution in [2.24, 2.45) is 0 Å². The third kappa shape index (κ3) is 1.57. The number of benzene rings is 1. The Morgan fingerprint density at radius 3 is 2.61 bits per heavy atom. The maximum absolute atomic E-state index is 11.7. The van der Waals surface area contributed by atoms with Crippen LogP contribution in [0.1, 0.15) is 11.3 Å². The van der Waals surface area contributed by atoms with Gasteiger partial charge in [0.2, 0.25) is 5.91 Å². The molecule has 1 aliphatic rings. The number of rotatable bonds is 1. The van der Waals surface area contributed by atoms with Crippen LogP contribution in [0.3, 0.4) is 0 Å². The Morgan fingerprint density at radius 1 is 1.17 bits per heavy atom. The van der Waals surface area contributed by atoms with Crippen LogP contribution in [0.5, 0.6) is 0 Å². The van der Waals surface area contributed by atoms with Crippen LogP contribution in [0.2, 0.25) is 0 Å². The van der Waals surface area contributed by atoms with E-state index < -0.39 is 0 Å². The molecule has 18 heavy (non-hydrogen) atoms.